The predicted molar refractivity (Wildman–Crippen MR) is 57.9 cm³/mol. The average molecular weight is 222 g/mol. The van der Waals surface area contributed by atoms with Crippen molar-refractivity contribution in [2.45, 2.75) is 11.8 Å². The lowest BCUT2D eigenvalue weighted by atomic mass is 10.1. The van der Waals surface area contributed by atoms with Crippen LogP contribution in [0.2, 0.25) is 0 Å². The van der Waals surface area contributed by atoms with Crippen LogP contribution in [0.15, 0.2) is 35.4 Å². The first-order valence-corrected chi connectivity index (χ1v) is 5.92. The molecule has 5 heteroatoms. The van der Waals surface area contributed by atoms with E-state index < -0.39 is 10.0 Å². The molecule has 15 heavy (non-hydrogen) atoms. The van der Waals surface area contributed by atoms with Gasteiger partial charge in [0.1, 0.15) is 0 Å². The van der Waals surface area contributed by atoms with Crippen molar-refractivity contribution in [3.8, 4) is 0 Å². The van der Waals surface area contributed by atoms with Gasteiger partial charge in [-0.15, -0.1) is 0 Å². The summed E-state index contributed by atoms with van der Waals surface area (Å²) in [5.74, 6) is 0. The number of primary sulfonamides is 1. The Morgan fingerprint density at radius 3 is 2.67 bits per heavy atom. The summed E-state index contributed by atoms with van der Waals surface area (Å²) < 4.78 is 22.8. The Morgan fingerprint density at radius 1 is 1.27 bits per heavy atom. The molecule has 2 rings (SSSR count). The van der Waals surface area contributed by atoms with Crippen molar-refractivity contribution in [2.24, 2.45) is 5.14 Å². The molecule has 1 heterocycles. The van der Waals surface area contributed by atoms with Gasteiger partial charge in [-0.3, -0.25) is 4.98 Å². The van der Waals surface area contributed by atoms with Gasteiger partial charge in [0.2, 0.25) is 10.0 Å². The van der Waals surface area contributed by atoms with Crippen LogP contribution < -0.4 is 5.14 Å². The Hall–Kier alpha value is -1.46. The van der Waals surface area contributed by atoms with Gasteiger partial charge in [-0.2, -0.15) is 0 Å². The maximum absolute atomic E-state index is 11.4. The van der Waals surface area contributed by atoms with E-state index in [4.69, 9.17) is 5.14 Å². The Labute approximate surface area is 87.8 Å². The van der Waals surface area contributed by atoms with Crippen LogP contribution in [0.3, 0.4) is 0 Å². The van der Waals surface area contributed by atoms with E-state index in [1.54, 1.807) is 37.4 Å². The number of benzene rings is 1. The van der Waals surface area contributed by atoms with Crippen LogP contribution in [0.1, 0.15) is 5.56 Å². The van der Waals surface area contributed by atoms with E-state index in [1.807, 2.05) is 0 Å². The maximum atomic E-state index is 11.4. The fraction of sp³-hybridized carbons (Fsp3) is 0.100. The summed E-state index contributed by atoms with van der Waals surface area (Å²) in [7, 11) is -3.70. The summed E-state index contributed by atoms with van der Waals surface area (Å²) >= 11 is 0. The molecule has 2 aromatic rings. The van der Waals surface area contributed by atoms with E-state index in [0.29, 0.717) is 16.5 Å². The Morgan fingerprint density at radius 2 is 2.00 bits per heavy atom. The highest BCUT2D eigenvalue weighted by molar-refractivity contribution is 7.89. The number of hydrogen-bond donors (Lipinski definition) is 1. The third-order valence-corrected chi connectivity index (χ3v) is 3.33. The number of nitrogens with two attached hydrogens (primary N) is 1. The number of aromatic nitrogens is 1. The highest BCUT2D eigenvalue weighted by Gasteiger charge is 2.15. The van der Waals surface area contributed by atoms with Gasteiger partial charge < -0.3 is 0 Å². The van der Waals surface area contributed by atoms with Crippen LogP contribution in [-0.4, -0.2) is 13.4 Å². The number of nitrogens with zero attached hydrogens (tertiary/aromatic N) is 1. The molecule has 0 saturated carbocycles. The van der Waals surface area contributed by atoms with Crippen LogP contribution >= 0.6 is 0 Å². The Bertz CT molecular complexity index is 620. The molecule has 0 radical (unpaired) electrons. The molecular weight excluding hydrogens is 212 g/mol. The topological polar surface area (TPSA) is 73.0 Å². The molecule has 0 fully saturated rings. The molecule has 0 unspecified atom stereocenters. The highest BCUT2D eigenvalue weighted by atomic mass is 32.2. The molecular formula is C10H10N2O2S. The van der Waals surface area contributed by atoms with Gasteiger partial charge in [0.05, 0.1) is 10.4 Å². The largest absolute Gasteiger partial charge is 0.256 e. The first-order chi connectivity index (χ1) is 7.00. The molecule has 0 amide bonds. The van der Waals surface area contributed by atoms with Crippen LogP contribution in [0.5, 0.6) is 0 Å². The quantitative estimate of drug-likeness (QED) is 0.787. The molecule has 0 aliphatic carbocycles. The molecule has 0 atom stereocenters. The number of aryl methyl sites for hydroxylation is 1. The first kappa shape index (κ1) is 10.1. The normalized spacial score (nSPS) is 11.9. The van der Waals surface area contributed by atoms with Gasteiger partial charge in [-0.05, 0) is 30.7 Å². The summed E-state index contributed by atoms with van der Waals surface area (Å²) in [5.41, 5.74) is 1.27. The van der Waals surface area contributed by atoms with Gasteiger partial charge in [0.15, 0.2) is 0 Å². The van der Waals surface area contributed by atoms with Crippen molar-refractivity contribution in [2.75, 3.05) is 0 Å². The molecule has 0 spiro atoms. The van der Waals surface area contributed by atoms with Crippen molar-refractivity contribution >= 4 is 20.9 Å². The van der Waals surface area contributed by atoms with Crippen molar-refractivity contribution in [3.05, 3.63) is 36.0 Å². The minimum Gasteiger partial charge on any atom is -0.256 e. The molecule has 0 aliphatic rings. The van der Waals surface area contributed by atoms with E-state index in [1.165, 1.54) is 0 Å². The summed E-state index contributed by atoms with van der Waals surface area (Å²) in [4.78, 5) is 4.24. The zero-order valence-corrected chi connectivity index (χ0v) is 8.95. The Balaban J connectivity index is 2.99. The highest BCUT2D eigenvalue weighted by Crippen LogP contribution is 2.23. The molecule has 0 saturated heterocycles. The molecule has 1 aromatic heterocycles. The van der Waals surface area contributed by atoms with Gasteiger partial charge in [0, 0.05) is 11.6 Å². The lowest BCUT2D eigenvalue weighted by Crippen LogP contribution is -2.14. The number of hydrogen-bond acceptors (Lipinski definition) is 3. The molecule has 1 aromatic carbocycles. The average Bonchev–Trinajstić information content (AvgIpc) is 2.15. The molecule has 78 valence electrons. The fourth-order valence-corrected chi connectivity index (χ4v) is 2.61. The van der Waals surface area contributed by atoms with Crippen molar-refractivity contribution in [1.29, 1.82) is 0 Å². The Kier molecular flexibility index (Phi) is 2.21. The summed E-state index contributed by atoms with van der Waals surface area (Å²) in [6.45, 7) is 1.71. The van der Waals surface area contributed by atoms with Crippen LogP contribution in [0, 0.1) is 6.92 Å². The fourth-order valence-electron chi connectivity index (χ4n) is 1.61. The zero-order valence-electron chi connectivity index (χ0n) is 8.14. The summed E-state index contributed by atoms with van der Waals surface area (Å²) in [6, 6.07) is 6.87. The van der Waals surface area contributed by atoms with E-state index >= 15 is 0 Å². The minimum absolute atomic E-state index is 0.160. The monoisotopic (exact) mass is 222 g/mol. The zero-order chi connectivity index (χ0) is 11.1. The van der Waals surface area contributed by atoms with Crippen molar-refractivity contribution in [3.63, 3.8) is 0 Å². The van der Waals surface area contributed by atoms with Gasteiger partial charge in [-0.1, -0.05) is 6.07 Å². The first-order valence-electron chi connectivity index (χ1n) is 4.37. The smallest absolute Gasteiger partial charge is 0.238 e. The van der Waals surface area contributed by atoms with Gasteiger partial charge in [-0.25, -0.2) is 13.6 Å². The number of fused-ring (bicyclic) bond motifs is 1. The van der Waals surface area contributed by atoms with Crippen molar-refractivity contribution in [1.82, 2.24) is 4.98 Å². The molecule has 0 bridgehead atoms. The van der Waals surface area contributed by atoms with E-state index in [2.05, 4.69) is 4.98 Å². The van der Waals surface area contributed by atoms with Crippen LogP contribution in [0.4, 0.5) is 0 Å². The second-order valence-corrected chi connectivity index (χ2v) is 4.82. The standard InChI is InChI=1S/C10H10N2O2S/c1-7-4-5-9-8(3-2-6-12-9)10(7)15(11,13)14/h2-6H,1H3,(H2,11,13,14). The lowest BCUT2D eigenvalue weighted by Gasteiger charge is -2.06. The van der Waals surface area contributed by atoms with E-state index in [0.717, 1.165) is 0 Å². The second-order valence-electron chi connectivity index (χ2n) is 3.33. The summed E-state index contributed by atoms with van der Waals surface area (Å²) in [5, 5.41) is 5.74. The lowest BCUT2D eigenvalue weighted by molar-refractivity contribution is 0.598. The SMILES string of the molecule is Cc1ccc2ncccc2c1S(N)(=O)=O. The number of sulfonamides is 1. The third-order valence-electron chi connectivity index (χ3n) is 2.22. The van der Waals surface area contributed by atoms with Crippen molar-refractivity contribution < 1.29 is 8.42 Å². The third kappa shape index (κ3) is 1.71. The minimum atomic E-state index is -3.70. The maximum Gasteiger partial charge on any atom is 0.238 e. The number of pyridine rings is 1. The molecule has 2 N–H and O–H groups in total. The van der Waals surface area contributed by atoms with Crippen LogP contribution in [-0.2, 0) is 10.0 Å². The predicted octanol–water partition coefficient (Wildman–Crippen LogP) is 1.19. The number of rotatable bonds is 1. The second kappa shape index (κ2) is 3.29. The van der Waals surface area contributed by atoms with E-state index in [9.17, 15) is 8.42 Å². The van der Waals surface area contributed by atoms with Gasteiger partial charge in [0.25, 0.3) is 0 Å². The molecule has 0 aliphatic heterocycles. The summed E-state index contributed by atoms with van der Waals surface area (Å²) in [6.07, 6.45) is 1.62. The molecule has 4 nitrogen and oxygen atoms in total. The van der Waals surface area contributed by atoms with Gasteiger partial charge >= 0.3 is 0 Å². The van der Waals surface area contributed by atoms with Crippen LogP contribution in [0.25, 0.3) is 10.9 Å². The van der Waals surface area contributed by atoms with E-state index in [-0.39, 0.29) is 4.90 Å².